The van der Waals surface area contributed by atoms with Crippen LogP contribution in [0, 0.1) is 0 Å². The molecule has 5 heteroatoms. The molecule has 0 aromatic heterocycles. The SMILES string of the molecule is CCOc1ccc(N2C(=O)C(C)NC(=O)C2CC)cc1. The average Bonchev–Trinajstić information content (AvgIpc) is 2.44. The van der Waals surface area contributed by atoms with Crippen LogP contribution < -0.4 is 15.0 Å². The number of nitrogens with zero attached hydrogens (tertiary/aromatic N) is 1. The molecule has 0 bridgehead atoms. The van der Waals surface area contributed by atoms with Crippen LogP contribution in [0.1, 0.15) is 27.2 Å². The van der Waals surface area contributed by atoms with E-state index in [1.165, 1.54) is 0 Å². The molecule has 0 aliphatic carbocycles. The van der Waals surface area contributed by atoms with Crippen LogP contribution in [0.5, 0.6) is 5.75 Å². The third kappa shape index (κ3) is 2.61. The van der Waals surface area contributed by atoms with Crippen molar-refractivity contribution < 1.29 is 14.3 Å². The Hall–Kier alpha value is -2.04. The highest BCUT2D eigenvalue weighted by molar-refractivity contribution is 6.08. The number of amides is 2. The highest BCUT2D eigenvalue weighted by atomic mass is 16.5. The summed E-state index contributed by atoms with van der Waals surface area (Å²) in [5, 5.41) is 2.71. The molecule has 1 aromatic carbocycles. The third-order valence-corrected chi connectivity index (χ3v) is 3.39. The smallest absolute Gasteiger partial charge is 0.250 e. The summed E-state index contributed by atoms with van der Waals surface area (Å²) in [6.45, 7) is 6.11. The van der Waals surface area contributed by atoms with Gasteiger partial charge in [-0.15, -0.1) is 0 Å². The molecule has 0 radical (unpaired) electrons. The molecule has 1 heterocycles. The van der Waals surface area contributed by atoms with E-state index >= 15 is 0 Å². The molecule has 2 amide bonds. The summed E-state index contributed by atoms with van der Waals surface area (Å²) in [6, 6.07) is 6.33. The number of hydrogen-bond acceptors (Lipinski definition) is 3. The highest BCUT2D eigenvalue weighted by Crippen LogP contribution is 2.25. The first-order valence-electron chi connectivity index (χ1n) is 6.94. The van der Waals surface area contributed by atoms with Gasteiger partial charge in [0.15, 0.2) is 0 Å². The van der Waals surface area contributed by atoms with Crippen LogP contribution >= 0.6 is 0 Å². The average molecular weight is 276 g/mol. The lowest BCUT2D eigenvalue weighted by Crippen LogP contribution is -2.62. The molecule has 1 saturated heterocycles. The molecular formula is C15H20N2O3. The summed E-state index contributed by atoms with van der Waals surface area (Å²) in [5.74, 6) is 0.570. The van der Waals surface area contributed by atoms with Crippen molar-refractivity contribution in [2.75, 3.05) is 11.5 Å². The van der Waals surface area contributed by atoms with Gasteiger partial charge < -0.3 is 10.1 Å². The molecule has 0 saturated carbocycles. The number of carbonyl (C=O) groups excluding carboxylic acids is 2. The van der Waals surface area contributed by atoms with Crippen molar-refractivity contribution in [1.82, 2.24) is 5.32 Å². The topological polar surface area (TPSA) is 58.6 Å². The summed E-state index contributed by atoms with van der Waals surface area (Å²) in [7, 11) is 0. The fourth-order valence-corrected chi connectivity index (χ4v) is 2.40. The normalized spacial score (nSPS) is 22.6. The summed E-state index contributed by atoms with van der Waals surface area (Å²) < 4.78 is 5.39. The van der Waals surface area contributed by atoms with E-state index in [9.17, 15) is 9.59 Å². The molecule has 5 nitrogen and oxygen atoms in total. The zero-order chi connectivity index (χ0) is 14.7. The van der Waals surface area contributed by atoms with Crippen molar-refractivity contribution in [3.05, 3.63) is 24.3 Å². The molecule has 1 aliphatic heterocycles. The van der Waals surface area contributed by atoms with Crippen LogP contribution in [0.2, 0.25) is 0 Å². The van der Waals surface area contributed by atoms with E-state index in [0.717, 1.165) is 11.4 Å². The van der Waals surface area contributed by atoms with E-state index in [2.05, 4.69) is 5.32 Å². The Morgan fingerprint density at radius 2 is 1.85 bits per heavy atom. The van der Waals surface area contributed by atoms with Crippen LogP contribution in [-0.2, 0) is 9.59 Å². The molecule has 20 heavy (non-hydrogen) atoms. The lowest BCUT2D eigenvalue weighted by molar-refractivity contribution is -0.133. The Kier molecular flexibility index (Phi) is 4.27. The molecule has 1 fully saturated rings. The molecule has 108 valence electrons. The molecular weight excluding hydrogens is 256 g/mol. The van der Waals surface area contributed by atoms with Gasteiger partial charge in [-0.2, -0.15) is 0 Å². The summed E-state index contributed by atoms with van der Waals surface area (Å²) in [4.78, 5) is 25.9. The largest absolute Gasteiger partial charge is 0.494 e. The number of hydrogen-bond donors (Lipinski definition) is 1. The molecule has 1 N–H and O–H groups in total. The summed E-state index contributed by atoms with van der Waals surface area (Å²) in [5.41, 5.74) is 0.729. The molecule has 2 unspecified atom stereocenters. The van der Waals surface area contributed by atoms with E-state index in [0.29, 0.717) is 13.0 Å². The van der Waals surface area contributed by atoms with Gasteiger partial charge in [0.05, 0.1) is 6.61 Å². The molecule has 1 aromatic rings. The Morgan fingerprint density at radius 1 is 1.20 bits per heavy atom. The van der Waals surface area contributed by atoms with E-state index in [4.69, 9.17) is 4.74 Å². The minimum atomic E-state index is -0.489. The van der Waals surface area contributed by atoms with Crippen molar-refractivity contribution in [3.8, 4) is 5.75 Å². The second-order valence-corrected chi connectivity index (χ2v) is 4.79. The van der Waals surface area contributed by atoms with Gasteiger partial charge in [-0.05, 0) is 44.5 Å². The van der Waals surface area contributed by atoms with Crippen molar-refractivity contribution in [1.29, 1.82) is 0 Å². The van der Waals surface area contributed by atoms with Gasteiger partial charge in [0.2, 0.25) is 11.8 Å². The van der Waals surface area contributed by atoms with Crippen LogP contribution in [-0.4, -0.2) is 30.5 Å². The summed E-state index contributed by atoms with van der Waals surface area (Å²) >= 11 is 0. The van der Waals surface area contributed by atoms with Crippen LogP contribution in [0.3, 0.4) is 0 Å². The lowest BCUT2D eigenvalue weighted by atomic mass is 10.0. The zero-order valence-electron chi connectivity index (χ0n) is 12.1. The number of piperazine rings is 1. The number of benzene rings is 1. The standard InChI is InChI=1S/C15H20N2O3/c1-4-13-14(18)16-10(3)15(19)17(13)11-6-8-12(9-7-11)20-5-2/h6-10,13H,4-5H2,1-3H3,(H,16,18). The number of ether oxygens (including phenoxy) is 1. The van der Waals surface area contributed by atoms with E-state index < -0.39 is 12.1 Å². The van der Waals surface area contributed by atoms with Crippen LogP contribution in [0.25, 0.3) is 0 Å². The number of carbonyl (C=O) groups is 2. The third-order valence-electron chi connectivity index (χ3n) is 3.39. The first-order chi connectivity index (χ1) is 9.58. The molecule has 0 spiro atoms. The Balaban J connectivity index is 2.31. The van der Waals surface area contributed by atoms with E-state index in [-0.39, 0.29) is 11.8 Å². The number of rotatable bonds is 4. The maximum atomic E-state index is 12.3. The quantitative estimate of drug-likeness (QED) is 0.911. The maximum Gasteiger partial charge on any atom is 0.250 e. The van der Waals surface area contributed by atoms with Crippen LogP contribution in [0.4, 0.5) is 5.69 Å². The molecule has 2 rings (SSSR count). The Morgan fingerprint density at radius 3 is 2.40 bits per heavy atom. The Labute approximate surface area is 118 Å². The predicted octanol–water partition coefficient (Wildman–Crippen LogP) is 1.72. The van der Waals surface area contributed by atoms with Gasteiger partial charge in [-0.1, -0.05) is 6.92 Å². The first kappa shape index (κ1) is 14.4. The predicted molar refractivity (Wildman–Crippen MR) is 76.8 cm³/mol. The monoisotopic (exact) mass is 276 g/mol. The second kappa shape index (κ2) is 5.94. The fraction of sp³-hybridized carbons (Fsp3) is 0.467. The minimum Gasteiger partial charge on any atom is -0.494 e. The zero-order valence-corrected chi connectivity index (χ0v) is 12.1. The van der Waals surface area contributed by atoms with Gasteiger partial charge in [0, 0.05) is 5.69 Å². The van der Waals surface area contributed by atoms with Gasteiger partial charge in [-0.3, -0.25) is 14.5 Å². The van der Waals surface area contributed by atoms with Gasteiger partial charge in [0.1, 0.15) is 17.8 Å². The maximum absolute atomic E-state index is 12.3. The van der Waals surface area contributed by atoms with Crippen molar-refractivity contribution in [3.63, 3.8) is 0 Å². The van der Waals surface area contributed by atoms with Crippen molar-refractivity contribution >= 4 is 17.5 Å². The van der Waals surface area contributed by atoms with Gasteiger partial charge in [-0.25, -0.2) is 0 Å². The number of anilines is 1. The summed E-state index contributed by atoms with van der Waals surface area (Å²) in [6.07, 6.45) is 0.581. The van der Waals surface area contributed by atoms with Gasteiger partial charge >= 0.3 is 0 Å². The van der Waals surface area contributed by atoms with Gasteiger partial charge in [0.25, 0.3) is 0 Å². The lowest BCUT2D eigenvalue weighted by Gasteiger charge is -2.37. The fourth-order valence-electron chi connectivity index (χ4n) is 2.40. The number of nitrogens with one attached hydrogen (secondary N) is 1. The van der Waals surface area contributed by atoms with E-state index in [1.54, 1.807) is 11.8 Å². The molecule has 1 aliphatic rings. The van der Waals surface area contributed by atoms with Crippen molar-refractivity contribution in [2.24, 2.45) is 0 Å². The minimum absolute atomic E-state index is 0.0828. The molecule has 2 atom stereocenters. The van der Waals surface area contributed by atoms with Crippen LogP contribution in [0.15, 0.2) is 24.3 Å². The second-order valence-electron chi connectivity index (χ2n) is 4.79. The van der Waals surface area contributed by atoms with Crippen molar-refractivity contribution in [2.45, 2.75) is 39.3 Å². The Bertz CT molecular complexity index is 498. The van der Waals surface area contributed by atoms with E-state index in [1.807, 2.05) is 38.1 Å². The highest BCUT2D eigenvalue weighted by Gasteiger charge is 2.38. The first-order valence-corrected chi connectivity index (χ1v) is 6.94.